The minimum atomic E-state index is -0.360. The number of nitrogens with zero attached hydrogens (tertiary/aromatic N) is 5. The molecule has 0 unspecified atom stereocenters. The Hall–Kier alpha value is -2.31. The van der Waals surface area contributed by atoms with Crippen molar-refractivity contribution >= 4 is 34.5 Å². The van der Waals surface area contributed by atoms with Gasteiger partial charge in [0.15, 0.2) is 5.16 Å². The third kappa shape index (κ3) is 4.01. The molecular formula is C18H18N6OS2. The first-order chi connectivity index (χ1) is 13.2. The summed E-state index contributed by atoms with van der Waals surface area (Å²) in [5.74, 6) is 2.03. The van der Waals surface area contributed by atoms with Crippen molar-refractivity contribution in [3.8, 4) is 10.6 Å². The number of thioether (sulfide) groups is 1. The van der Waals surface area contributed by atoms with Gasteiger partial charge in [-0.15, -0.1) is 16.4 Å². The first-order valence-electron chi connectivity index (χ1n) is 8.86. The molecule has 2 aromatic heterocycles. The molecule has 138 valence electrons. The minimum absolute atomic E-state index is 0.0653. The Morgan fingerprint density at radius 2 is 2.19 bits per heavy atom. The van der Waals surface area contributed by atoms with E-state index < -0.39 is 0 Å². The molecule has 0 amide bonds. The van der Waals surface area contributed by atoms with E-state index in [1.165, 1.54) is 11.3 Å². The van der Waals surface area contributed by atoms with E-state index in [2.05, 4.69) is 30.3 Å². The van der Waals surface area contributed by atoms with E-state index in [0.29, 0.717) is 29.2 Å². The Bertz CT molecular complexity index is 965. The maximum atomic E-state index is 12.3. The highest BCUT2D eigenvalue weighted by molar-refractivity contribution is 7.99. The van der Waals surface area contributed by atoms with Crippen molar-refractivity contribution in [2.75, 3.05) is 12.3 Å². The van der Waals surface area contributed by atoms with E-state index in [1.807, 2.05) is 17.5 Å². The number of H-pyrrole nitrogens is 1. The van der Waals surface area contributed by atoms with E-state index in [1.54, 1.807) is 11.8 Å². The second-order valence-electron chi connectivity index (χ2n) is 6.67. The van der Waals surface area contributed by atoms with Crippen LogP contribution < -0.4 is 5.56 Å². The van der Waals surface area contributed by atoms with Crippen molar-refractivity contribution in [1.29, 1.82) is 0 Å². The lowest BCUT2D eigenvalue weighted by Crippen LogP contribution is -2.23. The fourth-order valence-corrected chi connectivity index (χ4v) is 5.26. The van der Waals surface area contributed by atoms with E-state index in [-0.39, 0.29) is 11.2 Å². The molecule has 2 aliphatic rings. The summed E-state index contributed by atoms with van der Waals surface area (Å²) in [7, 11) is 0. The van der Waals surface area contributed by atoms with Gasteiger partial charge in [-0.25, -0.2) is 9.83 Å². The topological polar surface area (TPSA) is 87.2 Å². The summed E-state index contributed by atoms with van der Waals surface area (Å²) in [5.41, 5.74) is 1.32. The number of hydrogen-bond donors (Lipinski definition) is 1. The van der Waals surface area contributed by atoms with E-state index >= 15 is 0 Å². The van der Waals surface area contributed by atoms with E-state index in [4.69, 9.17) is 6.57 Å². The minimum Gasteiger partial charge on any atom is -0.311 e. The van der Waals surface area contributed by atoms with Crippen molar-refractivity contribution in [2.24, 2.45) is 27.3 Å². The van der Waals surface area contributed by atoms with Crippen molar-refractivity contribution in [2.45, 2.75) is 30.8 Å². The zero-order valence-electron chi connectivity index (χ0n) is 14.6. The molecule has 0 saturated heterocycles. The molecule has 1 N–H and O–H groups in total. The molecule has 4 rings (SSSR count). The monoisotopic (exact) mass is 398 g/mol. The van der Waals surface area contributed by atoms with Gasteiger partial charge in [0.2, 0.25) is 0 Å². The summed E-state index contributed by atoms with van der Waals surface area (Å²) >= 11 is 3.06. The predicted molar refractivity (Wildman–Crippen MR) is 108 cm³/mol. The lowest BCUT2D eigenvalue weighted by molar-refractivity contribution is 0.347. The van der Waals surface area contributed by atoms with Gasteiger partial charge in [-0.1, -0.05) is 17.8 Å². The molecule has 1 saturated carbocycles. The first kappa shape index (κ1) is 18.1. The average molecular weight is 399 g/mol. The lowest BCUT2D eigenvalue weighted by Gasteiger charge is -2.27. The van der Waals surface area contributed by atoms with Crippen molar-refractivity contribution < 1.29 is 0 Å². The summed E-state index contributed by atoms with van der Waals surface area (Å²) in [6.45, 7) is 7.95. The first-order valence-corrected chi connectivity index (χ1v) is 10.7. The zero-order chi connectivity index (χ0) is 18.6. The second-order valence-corrected chi connectivity index (χ2v) is 8.62. The smallest absolute Gasteiger partial charge is 0.276 e. The van der Waals surface area contributed by atoms with E-state index in [0.717, 1.165) is 42.0 Å². The van der Waals surface area contributed by atoms with Gasteiger partial charge in [-0.2, -0.15) is 5.11 Å². The van der Waals surface area contributed by atoms with Gasteiger partial charge >= 0.3 is 0 Å². The Balaban J connectivity index is 1.40. The SMILES string of the molecule is [C-]#[N+]c1c(-c2cccs2)nc(SCC2CCC(C3=NN=NC3)CC2)[nH]c1=O. The summed E-state index contributed by atoms with van der Waals surface area (Å²) in [5, 5.41) is 14.3. The molecule has 27 heavy (non-hydrogen) atoms. The van der Waals surface area contributed by atoms with Crippen molar-refractivity contribution in [3.63, 3.8) is 0 Å². The Morgan fingerprint density at radius 3 is 2.85 bits per heavy atom. The van der Waals surface area contributed by atoms with Crippen LogP contribution in [0.15, 0.2) is 42.9 Å². The molecule has 1 fully saturated rings. The average Bonchev–Trinajstić information content (AvgIpc) is 3.40. The van der Waals surface area contributed by atoms with E-state index in [9.17, 15) is 4.79 Å². The molecule has 1 aliphatic heterocycles. The molecule has 0 aromatic carbocycles. The quantitative estimate of drug-likeness (QED) is 0.447. The second kappa shape index (κ2) is 8.15. The van der Waals surface area contributed by atoms with Crippen LogP contribution in [-0.4, -0.2) is 28.0 Å². The molecule has 1 aliphatic carbocycles. The molecule has 0 radical (unpaired) electrons. The highest BCUT2D eigenvalue weighted by Gasteiger charge is 2.26. The van der Waals surface area contributed by atoms with Gasteiger partial charge in [0.25, 0.3) is 11.2 Å². The number of rotatable bonds is 5. The molecule has 9 heteroatoms. The van der Waals surface area contributed by atoms with Crippen molar-refractivity contribution in [3.05, 3.63) is 39.3 Å². The van der Waals surface area contributed by atoms with Crippen LogP contribution in [0.1, 0.15) is 25.7 Å². The molecule has 0 bridgehead atoms. The standard InChI is InChI=1S/C18H18N6OS2/c1-19-16-15(14-3-2-8-26-14)21-18(22-17(16)25)27-10-11-4-6-12(7-5-11)13-9-20-24-23-13/h2-3,8,11-12H,4-7,9-10H2,(H,21,22,25). The number of thiophene rings is 1. The normalized spacial score (nSPS) is 21.8. The van der Waals surface area contributed by atoms with Gasteiger partial charge in [-0.05, 0) is 48.3 Å². The number of aromatic amines is 1. The highest BCUT2D eigenvalue weighted by Crippen LogP contribution is 2.35. The fraction of sp³-hybridized carbons (Fsp3) is 0.444. The molecule has 0 atom stereocenters. The zero-order valence-corrected chi connectivity index (χ0v) is 16.2. The van der Waals surface area contributed by atoms with Crippen LogP contribution in [0.5, 0.6) is 0 Å². The van der Waals surface area contributed by atoms with Crippen LogP contribution in [-0.2, 0) is 0 Å². The van der Waals surface area contributed by atoms with Crippen LogP contribution in [0, 0.1) is 18.4 Å². The third-order valence-corrected chi connectivity index (χ3v) is 6.96. The lowest BCUT2D eigenvalue weighted by atomic mass is 9.80. The predicted octanol–water partition coefficient (Wildman–Crippen LogP) is 4.77. The van der Waals surface area contributed by atoms with Gasteiger partial charge in [0, 0.05) is 16.5 Å². The summed E-state index contributed by atoms with van der Waals surface area (Å²) in [4.78, 5) is 23.8. The van der Waals surface area contributed by atoms with Gasteiger partial charge < -0.3 is 4.98 Å². The maximum Gasteiger partial charge on any atom is 0.276 e. The largest absolute Gasteiger partial charge is 0.311 e. The van der Waals surface area contributed by atoms with Crippen LogP contribution >= 0.6 is 23.1 Å². The summed E-state index contributed by atoms with van der Waals surface area (Å²) in [6, 6.07) is 3.79. The Kier molecular flexibility index (Phi) is 5.45. The van der Waals surface area contributed by atoms with Gasteiger partial charge in [0.1, 0.15) is 6.54 Å². The van der Waals surface area contributed by atoms with Gasteiger partial charge in [0.05, 0.1) is 18.0 Å². The number of nitrogens with one attached hydrogen (secondary N) is 1. The Labute approximate surface area is 164 Å². The molecule has 0 spiro atoms. The third-order valence-electron chi connectivity index (χ3n) is 4.98. The van der Waals surface area contributed by atoms with Crippen molar-refractivity contribution in [1.82, 2.24) is 9.97 Å². The number of aromatic nitrogens is 2. The van der Waals surface area contributed by atoms with Crippen LogP contribution in [0.25, 0.3) is 15.4 Å². The molecule has 2 aromatic rings. The Morgan fingerprint density at radius 1 is 1.33 bits per heavy atom. The fourth-order valence-electron chi connectivity index (χ4n) is 3.50. The molecule has 7 nitrogen and oxygen atoms in total. The summed E-state index contributed by atoms with van der Waals surface area (Å²) in [6.07, 6.45) is 4.52. The number of hydrogen-bond acceptors (Lipinski definition) is 7. The van der Waals surface area contributed by atoms with Crippen LogP contribution in [0.3, 0.4) is 0 Å². The maximum absolute atomic E-state index is 12.3. The summed E-state index contributed by atoms with van der Waals surface area (Å²) < 4.78 is 0. The van der Waals surface area contributed by atoms with Gasteiger partial charge in [-0.3, -0.25) is 4.79 Å². The highest BCUT2D eigenvalue weighted by atomic mass is 32.2. The molecular weight excluding hydrogens is 380 g/mol. The van der Waals surface area contributed by atoms with Crippen LogP contribution in [0.2, 0.25) is 0 Å². The molecule has 3 heterocycles. The van der Waals surface area contributed by atoms with Crippen LogP contribution in [0.4, 0.5) is 5.69 Å².